The number of aromatic nitrogens is 1. The average molecular weight is 327 g/mol. The highest BCUT2D eigenvalue weighted by molar-refractivity contribution is 7.19. The van der Waals surface area contributed by atoms with Crippen LogP contribution < -0.4 is 4.74 Å². The normalized spacial score (nSPS) is 17.4. The number of aryl methyl sites for hydroxylation is 1. The first-order chi connectivity index (χ1) is 11.2. The van der Waals surface area contributed by atoms with Crippen LogP contribution in [0.1, 0.15) is 22.6 Å². The van der Waals surface area contributed by atoms with Crippen LogP contribution in [0.25, 0.3) is 22.4 Å². The zero-order valence-electron chi connectivity index (χ0n) is 12.2. The second kappa shape index (κ2) is 5.76. The standard InChI is InChI=1S/C18H14FNO2S/c19-13-4-6-16-14(10-13)20-17(23-16)7-2-11-1-5-15-12(9-11)3-8-18(21)22-15/h1-2,4-7,9-10,18,21H,3,8H2/b7-2+. The van der Waals surface area contributed by atoms with E-state index in [0.29, 0.717) is 11.9 Å². The molecule has 116 valence electrons. The molecule has 4 rings (SSSR count). The molecular formula is C18H14FNO2S. The number of hydrogen-bond acceptors (Lipinski definition) is 4. The van der Waals surface area contributed by atoms with Crippen LogP contribution in [-0.4, -0.2) is 16.4 Å². The van der Waals surface area contributed by atoms with Crippen LogP contribution in [-0.2, 0) is 6.42 Å². The number of thiazole rings is 1. The van der Waals surface area contributed by atoms with Crippen molar-refractivity contribution in [2.45, 2.75) is 19.1 Å². The van der Waals surface area contributed by atoms with Crippen molar-refractivity contribution in [1.82, 2.24) is 4.98 Å². The van der Waals surface area contributed by atoms with Gasteiger partial charge in [-0.05, 0) is 47.9 Å². The summed E-state index contributed by atoms with van der Waals surface area (Å²) < 4.78 is 19.6. The van der Waals surface area contributed by atoms with Crippen LogP contribution in [0.5, 0.6) is 5.75 Å². The molecule has 23 heavy (non-hydrogen) atoms. The van der Waals surface area contributed by atoms with Gasteiger partial charge in [-0.25, -0.2) is 9.37 Å². The van der Waals surface area contributed by atoms with Crippen LogP contribution in [0, 0.1) is 5.82 Å². The van der Waals surface area contributed by atoms with E-state index >= 15 is 0 Å². The molecule has 0 saturated carbocycles. The molecular weight excluding hydrogens is 313 g/mol. The monoisotopic (exact) mass is 327 g/mol. The minimum absolute atomic E-state index is 0.268. The van der Waals surface area contributed by atoms with E-state index in [1.807, 2.05) is 24.3 Å². The first-order valence-corrected chi connectivity index (χ1v) is 8.21. The molecule has 3 aromatic rings. The Balaban J connectivity index is 1.60. The summed E-state index contributed by atoms with van der Waals surface area (Å²) in [6.45, 7) is 0. The first kappa shape index (κ1) is 14.4. The summed E-state index contributed by atoms with van der Waals surface area (Å²) >= 11 is 1.53. The maximum Gasteiger partial charge on any atom is 0.197 e. The van der Waals surface area contributed by atoms with Gasteiger partial charge in [-0.2, -0.15) is 0 Å². The summed E-state index contributed by atoms with van der Waals surface area (Å²) in [4.78, 5) is 4.42. The van der Waals surface area contributed by atoms with Crippen LogP contribution in [0.3, 0.4) is 0 Å². The van der Waals surface area contributed by atoms with Crippen molar-refractivity contribution >= 4 is 33.7 Å². The molecule has 0 amide bonds. The van der Waals surface area contributed by atoms with Crippen molar-refractivity contribution in [1.29, 1.82) is 0 Å². The lowest BCUT2D eigenvalue weighted by molar-refractivity contribution is -0.0316. The number of fused-ring (bicyclic) bond motifs is 2. The number of nitrogens with zero attached hydrogens (tertiary/aromatic N) is 1. The van der Waals surface area contributed by atoms with Gasteiger partial charge in [0.2, 0.25) is 0 Å². The number of benzene rings is 2. The fourth-order valence-electron chi connectivity index (χ4n) is 2.66. The summed E-state index contributed by atoms with van der Waals surface area (Å²) in [5, 5.41) is 10.3. The maximum atomic E-state index is 13.2. The maximum absolute atomic E-state index is 13.2. The predicted octanol–water partition coefficient (Wildman–Crippen LogP) is 4.25. The van der Waals surface area contributed by atoms with E-state index in [2.05, 4.69) is 11.1 Å². The summed E-state index contributed by atoms with van der Waals surface area (Å²) in [5.74, 6) is 0.478. The van der Waals surface area contributed by atoms with Crippen molar-refractivity contribution in [3.8, 4) is 5.75 Å². The molecule has 0 fully saturated rings. The fourth-order valence-corrected chi connectivity index (χ4v) is 3.51. The van der Waals surface area contributed by atoms with E-state index in [4.69, 9.17) is 4.74 Å². The predicted molar refractivity (Wildman–Crippen MR) is 89.9 cm³/mol. The Morgan fingerprint density at radius 3 is 3.04 bits per heavy atom. The molecule has 5 heteroatoms. The van der Waals surface area contributed by atoms with Gasteiger partial charge in [-0.1, -0.05) is 12.1 Å². The van der Waals surface area contributed by atoms with E-state index in [1.54, 1.807) is 6.07 Å². The highest BCUT2D eigenvalue weighted by Crippen LogP contribution is 2.29. The molecule has 2 aromatic carbocycles. The molecule has 1 aliphatic heterocycles. The number of rotatable bonds is 2. The van der Waals surface area contributed by atoms with E-state index < -0.39 is 6.29 Å². The minimum atomic E-state index is -0.702. The Morgan fingerprint density at radius 2 is 2.13 bits per heavy atom. The van der Waals surface area contributed by atoms with Crippen molar-refractivity contribution in [2.24, 2.45) is 0 Å². The quantitative estimate of drug-likeness (QED) is 0.765. The average Bonchev–Trinajstić information content (AvgIpc) is 2.94. The largest absolute Gasteiger partial charge is 0.465 e. The third-order valence-electron chi connectivity index (χ3n) is 3.79. The van der Waals surface area contributed by atoms with Gasteiger partial charge in [0.15, 0.2) is 6.29 Å². The number of aliphatic hydroxyl groups excluding tert-OH is 1. The number of ether oxygens (including phenoxy) is 1. The van der Waals surface area contributed by atoms with Crippen molar-refractivity contribution in [2.75, 3.05) is 0 Å². The molecule has 1 N–H and O–H groups in total. The molecule has 2 heterocycles. The highest BCUT2D eigenvalue weighted by atomic mass is 32.1. The minimum Gasteiger partial charge on any atom is -0.465 e. The molecule has 0 spiro atoms. The lowest BCUT2D eigenvalue weighted by Crippen LogP contribution is -2.21. The van der Waals surface area contributed by atoms with Gasteiger partial charge in [0.25, 0.3) is 0 Å². The molecule has 0 aliphatic carbocycles. The number of halogens is 1. The third-order valence-corrected chi connectivity index (χ3v) is 4.79. The summed E-state index contributed by atoms with van der Waals surface area (Å²) in [7, 11) is 0. The second-order valence-corrected chi connectivity index (χ2v) is 6.54. The van der Waals surface area contributed by atoms with Gasteiger partial charge < -0.3 is 9.84 Å². The van der Waals surface area contributed by atoms with E-state index in [9.17, 15) is 9.50 Å². The zero-order valence-corrected chi connectivity index (χ0v) is 13.0. The molecule has 1 aliphatic rings. The summed E-state index contributed by atoms with van der Waals surface area (Å²) in [6, 6.07) is 10.5. The van der Waals surface area contributed by atoms with Gasteiger partial charge in [-0.3, -0.25) is 0 Å². The van der Waals surface area contributed by atoms with Crippen molar-refractivity contribution in [3.63, 3.8) is 0 Å². The van der Waals surface area contributed by atoms with Crippen LogP contribution in [0.15, 0.2) is 36.4 Å². The molecule has 3 nitrogen and oxygen atoms in total. The molecule has 1 unspecified atom stereocenters. The van der Waals surface area contributed by atoms with Crippen LogP contribution in [0.2, 0.25) is 0 Å². The van der Waals surface area contributed by atoms with Crippen molar-refractivity contribution < 1.29 is 14.2 Å². The molecule has 0 radical (unpaired) electrons. The van der Waals surface area contributed by atoms with Crippen LogP contribution >= 0.6 is 11.3 Å². The smallest absolute Gasteiger partial charge is 0.197 e. The number of hydrogen-bond donors (Lipinski definition) is 1. The highest BCUT2D eigenvalue weighted by Gasteiger charge is 2.16. The molecule has 1 atom stereocenters. The van der Waals surface area contributed by atoms with E-state index in [1.165, 1.54) is 23.5 Å². The van der Waals surface area contributed by atoms with Crippen LogP contribution in [0.4, 0.5) is 4.39 Å². The Labute approximate surface area is 136 Å². The molecule has 0 saturated heterocycles. The molecule has 1 aromatic heterocycles. The third kappa shape index (κ3) is 2.98. The number of aliphatic hydroxyl groups is 1. The van der Waals surface area contributed by atoms with Gasteiger partial charge >= 0.3 is 0 Å². The Bertz CT molecular complexity index is 903. The fraction of sp³-hybridized carbons (Fsp3) is 0.167. The zero-order chi connectivity index (χ0) is 15.8. The second-order valence-electron chi connectivity index (χ2n) is 5.48. The first-order valence-electron chi connectivity index (χ1n) is 7.39. The Hall–Kier alpha value is -2.24. The molecule has 0 bridgehead atoms. The topological polar surface area (TPSA) is 42.4 Å². The SMILES string of the molecule is OC1CCc2cc(/C=C/c3nc4cc(F)ccc4s3)ccc2O1. The van der Waals surface area contributed by atoms with Gasteiger partial charge in [0, 0.05) is 12.5 Å². The van der Waals surface area contributed by atoms with E-state index in [0.717, 1.165) is 33.0 Å². The summed E-state index contributed by atoms with van der Waals surface area (Å²) in [6.07, 6.45) is 4.64. The van der Waals surface area contributed by atoms with Gasteiger partial charge in [0.1, 0.15) is 16.6 Å². The van der Waals surface area contributed by atoms with E-state index in [-0.39, 0.29) is 5.82 Å². The van der Waals surface area contributed by atoms with Crippen molar-refractivity contribution in [3.05, 3.63) is 58.3 Å². The Morgan fingerprint density at radius 1 is 1.22 bits per heavy atom. The lowest BCUT2D eigenvalue weighted by Gasteiger charge is -2.22. The Kier molecular flexibility index (Phi) is 3.59. The van der Waals surface area contributed by atoms with Gasteiger partial charge in [0.05, 0.1) is 10.2 Å². The lowest BCUT2D eigenvalue weighted by atomic mass is 10.0. The van der Waals surface area contributed by atoms with Gasteiger partial charge in [-0.15, -0.1) is 11.3 Å². The summed E-state index contributed by atoms with van der Waals surface area (Å²) in [5.41, 5.74) is 2.83.